The van der Waals surface area contributed by atoms with E-state index >= 15 is 0 Å². The number of amides is 1. The lowest BCUT2D eigenvalue weighted by Crippen LogP contribution is -2.43. The van der Waals surface area contributed by atoms with E-state index in [1.807, 2.05) is 12.1 Å². The Kier molecular flexibility index (Phi) is 3.66. The molecule has 23 heavy (non-hydrogen) atoms. The molecule has 2 aliphatic heterocycles. The number of hydrogen-bond acceptors (Lipinski definition) is 6. The van der Waals surface area contributed by atoms with Gasteiger partial charge in [0.2, 0.25) is 5.76 Å². The highest BCUT2D eigenvalue weighted by atomic mass is 16.5. The maximum absolute atomic E-state index is 12.1. The molecule has 2 saturated heterocycles. The highest BCUT2D eigenvalue weighted by Gasteiger charge is 2.50. The second-order valence-electron chi connectivity index (χ2n) is 6.38. The summed E-state index contributed by atoms with van der Waals surface area (Å²) in [5, 5.41) is 6.53. The van der Waals surface area contributed by atoms with Crippen molar-refractivity contribution in [3.8, 4) is 0 Å². The molecule has 7 heteroatoms. The minimum absolute atomic E-state index is 0.0394. The number of likely N-dealkylation sites (tertiary alicyclic amines) is 1. The minimum Gasteiger partial charge on any atom is -0.468 e. The van der Waals surface area contributed by atoms with Crippen molar-refractivity contribution in [2.24, 2.45) is 11.3 Å². The molecule has 0 unspecified atom stereocenters. The van der Waals surface area contributed by atoms with Crippen LogP contribution in [0, 0.1) is 11.3 Å². The minimum atomic E-state index is -0.230. The Balaban J connectivity index is 1.40. The zero-order chi connectivity index (χ0) is 15.7. The Bertz CT molecular complexity index is 655. The van der Waals surface area contributed by atoms with Crippen LogP contribution in [0.3, 0.4) is 0 Å². The number of hydrogen-bond donors (Lipinski definition) is 1. The molecule has 0 saturated carbocycles. The molecule has 2 atom stereocenters. The molecule has 2 aliphatic rings. The van der Waals surface area contributed by atoms with Crippen LogP contribution in [0.1, 0.15) is 16.3 Å². The van der Waals surface area contributed by atoms with Crippen LogP contribution in [0.5, 0.6) is 0 Å². The predicted octanol–water partition coefficient (Wildman–Crippen LogP) is 1.15. The lowest BCUT2D eigenvalue weighted by Gasteiger charge is -2.27. The molecule has 122 valence electrons. The third-order valence-corrected chi connectivity index (χ3v) is 4.81. The Labute approximate surface area is 133 Å². The van der Waals surface area contributed by atoms with Crippen molar-refractivity contribution in [1.29, 1.82) is 0 Å². The van der Waals surface area contributed by atoms with Crippen LogP contribution in [-0.2, 0) is 11.3 Å². The molecule has 0 aliphatic carbocycles. The molecule has 0 radical (unpaired) electrons. The Morgan fingerprint density at radius 1 is 1.48 bits per heavy atom. The molecule has 0 spiro atoms. The molecule has 1 N–H and O–H groups in total. The molecule has 7 nitrogen and oxygen atoms in total. The van der Waals surface area contributed by atoms with E-state index in [4.69, 9.17) is 13.7 Å². The first-order valence-electron chi connectivity index (χ1n) is 7.77. The van der Waals surface area contributed by atoms with Gasteiger partial charge in [0.25, 0.3) is 5.91 Å². The summed E-state index contributed by atoms with van der Waals surface area (Å²) in [4.78, 5) is 14.4. The highest BCUT2D eigenvalue weighted by Crippen LogP contribution is 2.41. The SMILES string of the molecule is O=C(NC[C@@]12COC[C@@H]1CN(Cc1ccco1)C2)c1ccno1. The van der Waals surface area contributed by atoms with Crippen molar-refractivity contribution >= 4 is 5.91 Å². The van der Waals surface area contributed by atoms with Crippen molar-refractivity contribution in [1.82, 2.24) is 15.4 Å². The van der Waals surface area contributed by atoms with Gasteiger partial charge in [-0.15, -0.1) is 0 Å². The summed E-state index contributed by atoms with van der Waals surface area (Å²) in [6.07, 6.45) is 3.16. The number of fused-ring (bicyclic) bond motifs is 1. The summed E-state index contributed by atoms with van der Waals surface area (Å²) in [5.74, 6) is 1.40. The molecule has 4 rings (SSSR count). The summed E-state index contributed by atoms with van der Waals surface area (Å²) >= 11 is 0. The number of nitrogens with one attached hydrogen (secondary N) is 1. The molecule has 2 fully saturated rings. The van der Waals surface area contributed by atoms with E-state index < -0.39 is 0 Å². The van der Waals surface area contributed by atoms with Crippen molar-refractivity contribution in [3.63, 3.8) is 0 Å². The lowest BCUT2D eigenvalue weighted by atomic mass is 9.81. The molecule has 2 aromatic heterocycles. The summed E-state index contributed by atoms with van der Waals surface area (Å²) in [7, 11) is 0. The maximum Gasteiger partial charge on any atom is 0.289 e. The smallest absolute Gasteiger partial charge is 0.289 e. The number of ether oxygens (including phenoxy) is 1. The molecule has 0 aromatic carbocycles. The predicted molar refractivity (Wildman–Crippen MR) is 79.6 cm³/mol. The molecule has 1 amide bonds. The van der Waals surface area contributed by atoms with Crippen LogP contribution in [0.2, 0.25) is 0 Å². The van der Waals surface area contributed by atoms with Crippen LogP contribution in [0.15, 0.2) is 39.6 Å². The Hall–Kier alpha value is -2.12. The summed E-state index contributed by atoms with van der Waals surface area (Å²) in [6.45, 7) is 4.62. The average Bonchev–Trinajstić information content (AvgIpc) is 3.29. The second-order valence-corrected chi connectivity index (χ2v) is 6.38. The Morgan fingerprint density at radius 3 is 3.22 bits per heavy atom. The molecular weight excluding hydrogens is 298 g/mol. The van der Waals surface area contributed by atoms with Gasteiger partial charge in [0.1, 0.15) is 5.76 Å². The van der Waals surface area contributed by atoms with Crippen molar-refractivity contribution in [2.45, 2.75) is 6.54 Å². The van der Waals surface area contributed by atoms with E-state index in [-0.39, 0.29) is 17.1 Å². The van der Waals surface area contributed by atoms with E-state index in [1.165, 1.54) is 6.20 Å². The first-order valence-corrected chi connectivity index (χ1v) is 7.77. The number of carbonyl (C=O) groups is 1. The summed E-state index contributed by atoms with van der Waals surface area (Å²) in [6, 6.07) is 5.46. The maximum atomic E-state index is 12.1. The van der Waals surface area contributed by atoms with Gasteiger partial charge in [-0.25, -0.2) is 0 Å². The van der Waals surface area contributed by atoms with E-state index in [1.54, 1.807) is 12.3 Å². The average molecular weight is 317 g/mol. The summed E-state index contributed by atoms with van der Waals surface area (Å²) < 4.78 is 16.0. The first-order chi connectivity index (χ1) is 11.3. The third kappa shape index (κ3) is 2.77. The normalized spacial score (nSPS) is 27.2. The van der Waals surface area contributed by atoms with Gasteiger partial charge in [-0.1, -0.05) is 5.16 Å². The van der Waals surface area contributed by atoms with Crippen molar-refractivity contribution < 1.29 is 18.5 Å². The van der Waals surface area contributed by atoms with Crippen molar-refractivity contribution in [2.75, 3.05) is 32.8 Å². The number of carbonyl (C=O) groups excluding carboxylic acids is 1. The van der Waals surface area contributed by atoms with Crippen LogP contribution in [0.4, 0.5) is 0 Å². The monoisotopic (exact) mass is 317 g/mol. The van der Waals surface area contributed by atoms with Gasteiger partial charge in [-0.05, 0) is 12.1 Å². The largest absolute Gasteiger partial charge is 0.468 e. The number of furan rings is 1. The Morgan fingerprint density at radius 2 is 2.43 bits per heavy atom. The van der Waals surface area contributed by atoms with Gasteiger partial charge in [-0.2, -0.15) is 0 Å². The van der Waals surface area contributed by atoms with Gasteiger partial charge in [0.05, 0.1) is 32.2 Å². The number of aromatic nitrogens is 1. The van der Waals surface area contributed by atoms with Gasteiger partial charge in [0.15, 0.2) is 0 Å². The number of rotatable bonds is 5. The topological polar surface area (TPSA) is 80.7 Å². The van der Waals surface area contributed by atoms with Crippen LogP contribution in [0.25, 0.3) is 0 Å². The molecule has 0 bridgehead atoms. The molecule has 2 aromatic rings. The van der Waals surface area contributed by atoms with E-state index in [0.29, 0.717) is 19.1 Å². The second kappa shape index (κ2) is 5.82. The van der Waals surface area contributed by atoms with Gasteiger partial charge in [-0.3, -0.25) is 9.69 Å². The van der Waals surface area contributed by atoms with Gasteiger partial charge >= 0.3 is 0 Å². The standard InChI is InChI=1S/C16H19N3O4/c20-15(14-3-4-18-23-14)17-9-16-10-19(6-12(16)8-21-11-16)7-13-2-1-5-22-13/h1-5,12H,6-11H2,(H,17,20)/t12-,16+/m0/s1. The highest BCUT2D eigenvalue weighted by molar-refractivity contribution is 5.91. The molecular formula is C16H19N3O4. The van der Waals surface area contributed by atoms with E-state index in [2.05, 4.69) is 15.4 Å². The van der Waals surface area contributed by atoms with Crippen LogP contribution < -0.4 is 5.32 Å². The van der Waals surface area contributed by atoms with Crippen LogP contribution >= 0.6 is 0 Å². The van der Waals surface area contributed by atoms with E-state index in [0.717, 1.165) is 32.0 Å². The zero-order valence-electron chi connectivity index (χ0n) is 12.7. The summed E-state index contributed by atoms with van der Waals surface area (Å²) in [5.41, 5.74) is -0.0394. The number of nitrogens with zero attached hydrogens (tertiary/aromatic N) is 2. The third-order valence-electron chi connectivity index (χ3n) is 4.81. The fourth-order valence-electron chi connectivity index (χ4n) is 3.61. The van der Waals surface area contributed by atoms with Gasteiger partial charge in [0, 0.05) is 37.0 Å². The van der Waals surface area contributed by atoms with Gasteiger partial charge < -0.3 is 19.0 Å². The molecule has 4 heterocycles. The first kappa shape index (κ1) is 14.5. The fraction of sp³-hybridized carbons (Fsp3) is 0.500. The fourth-order valence-corrected chi connectivity index (χ4v) is 3.61. The van der Waals surface area contributed by atoms with Crippen molar-refractivity contribution in [3.05, 3.63) is 42.2 Å². The van der Waals surface area contributed by atoms with E-state index in [9.17, 15) is 4.79 Å². The quantitative estimate of drug-likeness (QED) is 0.891. The lowest BCUT2D eigenvalue weighted by molar-refractivity contribution is 0.0867. The van der Waals surface area contributed by atoms with Crippen LogP contribution in [-0.4, -0.2) is 48.8 Å². The zero-order valence-corrected chi connectivity index (χ0v) is 12.7.